The van der Waals surface area contributed by atoms with Gasteiger partial charge >= 0.3 is 11.9 Å². The van der Waals surface area contributed by atoms with E-state index in [0.29, 0.717) is 12.8 Å². The molecule has 102 heavy (non-hydrogen) atoms. The van der Waals surface area contributed by atoms with Crippen molar-refractivity contribution in [1.82, 2.24) is 68.7 Å². The second-order valence-corrected chi connectivity index (χ2v) is 25.1. The quantitative estimate of drug-likeness (QED) is 0.0153. The number of carboxylic acid groups (broad SMARTS) is 2. The Morgan fingerprint density at radius 1 is 0.441 bits per heavy atom. The summed E-state index contributed by atoms with van der Waals surface area (Å²) in [5.41, 5.74) is 39.1. The number of hydrogen-bond donors (Lipinski definition) is 22. The second kappa shape index (κ2) is 46.5. The molecule has 0 aromatic heterocycles. The van der Waals surface area contributed by atoms with Crippen molar-refractivity contribution in [3.05, 3.63) is 0 Å². The minimum atomic E-state index is -1.83. The summed E-state index contributed by atoms with van der Waals surface area (Å²) < 4.78 is 0. The Labute approximate surface area is 589 Å². The lowest BCUT2D eigenvalue weighted by Crippen LogP contribution is -2.62. The van der Waals surface area contributed by atoms with Gasteiger partial charge in [-0.2, -0.15) is 0 Å². The van der Waals surface area contributed by atoms with Crippen molar-refractivity contribution in [2.75, 3.05) is 32.7 Å². The van der Waals surface area contributed by atoms with Gasteiger partial charge in [-0.15, -0.1) is 0 Å². The van der Waals surface area contributed by atoms with Crippen LogP contribution in [0, 0.1) is 5.92 Å². The number of nitrogens with zero attached hydrogens (tertiary/aromatic N) is 2. The molecular weight excluding hydrogens is 1350 g/mol. The number of rotatable bonds is 49. The van der Waals surface area contributed by atoms with Gasteiger partial charge in [0.1, 0.15) is 79.0 Å². The smallest absolute Gasteiger partial charge is 0.322 e. The Balaban J connectivity index is 3.50. The molecule has 0 aliphatic carbocycles. The molecule has 15 amide bonds. The molecule has 29 N–H and O–H groups in total. The summed E-state index contributed by atoms with van der Waals surface area (Å²) in [5.74, 6) is -17.3. The van der Waals surface area contributed by atoms with Gasteiger partial charge in [-0.3, -0.25) is 86.5 Å². The van der Waals surface area contributed by atoms with Gasteiger partial charge in [-0.25, -0.2) is 0 Å². The summed E-state index contributed by atoms with van der Waals surface area (Å²) >= 11 is 0. The monoisotopic (exact) mass is 1450 g/mol. The van der Waals surface area contributed by atoms with Crippen LogP contribution in [0.15, 0.2) is 4.99 Å². The Hall–Kier alpha value is -9.90. The van der Waals surface area contributed by atoms with E-state index < -0.39 is 230 Å². The lowest BCUT2D eigenvalue weighted by molar-refractivity contribution is -0.143. The Morgan fingerprint density at radius 2 is 0.843 bits per heavy atom. The summed E-state index contributed by atoms with van der Waals surface area (Å²) in [6.45, 7) is 8.73. The molecule has 0 aromatic rings. The number of amides is 15. The van der Waals surface area contributed by atoms with Crippen molar-refractivity contribution in [2.24, 2.45) is 51.0 Å². The molecule has 576 valence electrons. The average molecular weight is 1450 g/mol. The number of nitrogens with two attached hydrogens (primary N) is 7. The lowest BCUT2D eigenvalue weighted by atomic mass is 10.0. The maximum atomic E-state index is 14.7. The number of aliphatic hydroxyl groups is 1. The minimum absolute atomic E-state index is 0.00134. The SMILES string of the molecule is CC(C)[C@H](NC(=O)[C@H](C)NC(=O)[C@H](CCCN=C(N)N)NC(=O)[C@@H](NC(=O)[C@H](CCCCN)NC(=O)[C@@H]1CCCN1C(=O)[C@H](CCC(N)=O)NC(=O)[C@H](CCCCN)NC(=O)[C@H](CCC(N)=O)NC(=O)[C@H](C)NC(=O)[C@H](C)NC(=O)[C@H](C)NC(=O)[C@@H](N)CCC(=O)O)[C@@H](C)O)C(=O)NCC(=O)O. The van der Waals surface area contributed by atoms with E-state index in [2.05, 4.69) is 68.8 Å². The zero-order valence-corrected chi connectivity index (χ0v) is 58.7. The van der Waals surface area contributed by atoms with Crippen molar-refractivity contribution >= 4 is 107 Å². The van der Waals surface area contributed by atoms with Gasteiger partial charge in [0.2, 0.25) is 88.6 Å². The highest BCUT2D eigenvalue weighted by Crippen LogP contribution is 2.21. The van der Waals surface area contributed by atoms with Crippen molar-refractivity contribution in [3.63, 3.8) is 0 Å². The molecule has 0 aromatic carbocycles. The standard InChI is InChI=1S/C61H107N21O20/c1-29(2)46(58(100)70-28-45(88)89)80-51(93)33(6)74-53(95)38(16-12-26-69-61(67)68)78-59(101)47(34(7)83)81-56(98)37(15-9-11-25-63)77-57(99)41-17-13-27-82(41)60(102)40(20-22-43(66)85)79-54(96)36(14-8-10-24-62)76-55(97)39(19-21-42(65)84)75-50(92)32(5)72-48(90)30(3)71-49(91)31(4)73-52(94)35(64)18-23-44(86)87/h29-41,46-47,83H,8-28,62-64H2,1-7H3,(H2,65,84)(H2,66,85)(H,70,100)(H,71,91)(H,72,90)(H,73,94)(H,74,95)(H,75,92)(H,76,97)(H,77,99)(H,78,101)(H,79,96)(H,80,93)(H,81,98)(H,86,87)(H,88,89)(H4,67,68,69)/t30-,31-,32-,33-,34+,35-,36-,37-,38-,39-,40-,41-,46-,47-/m0/s1. The van der Waals surface area contributed by atoms with Gasteiger partial charge in [-0.05, 0) is 137 Å². The number of aliphatic carboxylic acids is 2. The van der Waals surface area contributed by atoms with E-state index in [0.717, 1.165) is 11.8 Å². The van der Waals surface area contributed by atoms with E-state index >= 15 is 0 Å². The van der Waals surface area contributed by atoms with E-state index in [1.165, 1.54) is 27.7 Å². The highest BCUT2D eigenvalue weighted by atomic mass is 16.4. The molecule has 41 nitrogen and oxygen atoms in total. The fourth-order valence-electron chi connectivity index (χ4n) is 10.00. The summed E-state index contributed by atoms with van der Waals surface area (Å²) in [6.07, 6.45) is -3.28. The van der Waals surface area contributed by atoms with Gasteiger partial charge < -0.3 is 124 Å². The number of likely N-dealkylation sites (tertiary alicyclic amines) is 1. The van der Waals surface area contributed by atoms with Crippen LogP contribution >= 0.6 is 0 Å². The highest BCUT2D eigenvalue weighted by Gasteiger charge is 2.41. The van der Waals surface area contributed by atoms with Crippen LogP contribution in [0.2, 0.25) is 0 Å². The molecule has 0 radical (unpaired) electrons. The first-order valence-corrected chi connectivity index (χ1v) is 33.6. The topological polar surface area (TPSA) is 693 Å². The number of carboxylic acids is 2. The van der Waals surface area contributed by atoms with Crippen LogP contribution < -0.4 is 104 Å². The number of aliphatic hydroxyl groups excluding tert-OH is 1. The first-order chi connectivity index (χ1) is 47.8. The Bertz CT molecular complexity index is 2950. The van der Waals surface area contributed by atoms with Crippen LogP contribution in [0.5, 0.6) is 0 Å². The normalized spacial score (nSPS) is 16.4. The largest absolute Gasteiger partial charge is 0.481 e. The number of guanidine groups is 1. The first kappa shape index (κ1) is 90.1. The predicted molar refractivity (Wildman–Crippen MR) is 363 cm³/mol. The molecule has 0 bridgehead atoms. The summed E-state index contributed by atoms with van der Waals surface area (Å²) in [5, 5.41) is 57.9. The Morgan fingerprint density at radius 3 is 1.31 bits per heavy atom. The molecule has 0 saturated carbocycles. The van der Waals surface area contributed by atoms with Gasteiger partial charge in [0.25, 0.3) is 0 Å². The fourth-order valence-corrected chi connectivity index (χ4v) is 10.00. The van der Waals surface area contributed by atoms with Crippen molar-refractivity contribution in [1.29, 1.82) is 0 Å². The third-order valence-electron chi connectivity index (χ3n) is 15.9. The van der Waals surface area contributed by atoms with Gasteiger partial charge in [0.05, 0.1) is 12.1 Å². The molecule has 1 aliphatic heterocycles. The van der Waals surface area contributed by atoms with E-state index in [9.17, 15) is 86.6 Å². The molecule has 1 heterocycles. The van der Waals surface area contributed by atoms with Crippen molar-refractivity contribution < 1.29 is 96.8 Å². The number of carbonyl (C=O) groups is 17. The van der Waals surface area contributed by atoms with Crippen molar-refractivity contribution in [3.8, 4) is 0 Å². The molecule has 1 fully saturated rings. The Kier molecular flexibility index (Phi) is 41.1. The summed E-state index contributed by atoms with van der Waals surface area (Å²) in [6, 6.07) is -18.7. The minimum Gasteiger partial charge on any atom is -0.481 e. The van der Waals surface area contributed by atoms with E-state index in [-0.39, 0.29) is 89.9 Å². The zero-order valence-electron chi connectivity index (χ0n) is 58.7. The van der Waals surface area contributed by atoms with Crippen LogP contribution in [0.25, 0.3) is 0 Å². The number of unbranched alkanes of at least 4 members (excludes halogenated alkanes) is 2. The van der Waals surface area contributed by atoms with E-state index in [1.807, 2.05) is 0 Å². The van der Waals surface area contributed by atoms with E-state index in [1.54, 1.807) is 13.8 Å². The van der Waals surface area contributed by atoms with Crippen LogP contribution in [0.1, 0.15) is 151 Å². The molecule has 41 heteroatoms. The van der Waals surface area contributed by atoms with Crippen molar-refractivity contribution in [2.45, 2.75) is 236 Å². The number of aliphatic imine (C=N–C) groups is 1. The molecular formula is C61H107N21O20. The summed E-state index contributed by atoms with van der Waals surface area (Å²) in [7, 11) is 0. The zero-order chi connectivity index (χ0) is 77.7. The molecule has 0 unspecified atom stereocenters. The fraction of sp³-hybridized carbons (Fsp3) is 0.705. The first-order valence-electron chi connectivity index (χ1n) is 33.6. The second-order valence-electron chi connectivity index (χ2n) is 25.1. The average Bonchev–Trinajstić information content (AvgIpc) is 1.58. The van der Waals surface area contributed by atoms with E-state index in [4.69, 9.17) is 50.3 Å². The van der Waals surface area contributed by atoms with Gasteiger partial charge in [-0.1, -0.05) is 13.8 Å². The molecule has 1 aliphatic rings. The molecule has 14 atom stereocenters. The van der Waals surface area contributed by atoms with Gasteiger partial charge in [0, 0.05) is 32.4 Å². The maximum Gasteiger partial charge on any atom is 0.322 e. The third kappa shape index (κ3) is 34.0. The number of nitrogens with one attached hydrogen (secondary N) is 12. The number of hydrogen-bond acceptors (Lipinski definition) is 22. The lowest BCUT2D eigenvalue weighted by Gasteiger charge is -2.31. The molecule has 1 saturated heterocycles. The van der Waals surface area contributed by atoms with Crippen LogP contribution in [0.4, 0.5) is 0 Å². The van der Waals surface area contributed by atoms with Crippen LogP contribution in [0.3, 0.4) is 0 Å². The third-order valence-corrected chi connectivity index (χ3v) is 15.9. The van der Waals surface area contributed by atoms with Crippen LogP contribution in [-0.2, 0) is 81.5 Å². The molecule has 0 spiro atoms. The molecule has 1 rings (SSSR count). The summed E-state index contributed by atoms with van der Waals surface area (Å²) in [4.78, 5) is 229. The predicted octanol–water partition coefficient (Wildman–Crippen LogP) is -9.34. The highest BCUT2D eigenvalue weighted by molar-refractivity contribution is 6.00. The number of carbonyl (C=O) groups excluding carboxylic acids is 15. The van der Waals surface area contributed by atoms with Gasteiger partial charge in [0.15, 0.2) is 5.96 Å². The maximum absolute atomic E-state index is 14.7. The number of primary amides is 2. The van der Waals surface area contributed by atoms with Crippen LogP contribution in [-0.4, -0.2) is 244 Å².